The van der Waals surface area contributed by atoms with Crippen molar-refractivity contribution in [3.05, 3.63) is 69.4 Å². The summed E-state index contributed by atoms with van der Waals surface area (Å²) in [5, 5.41) is 11.6. The second-order valence-corrected chi connectivity index (χ2v) is 5.17. The molecule has 2 aromatic rings. The van der Waals surface area contributed by atoms with Gasteiger partial charge in [-0.2, -0.15) is 0 Å². The zero-order valence-corrected chi connectivity index (χ0v) is 12.4. The lowest BCUT2D eigenvalue weighted by atomic mass is 10.1. The number of rotatable bonds is 4. The summed E-state index contributed by atoms with van der Waals surface area (Å²) in [5.74, 6) is -1.83. The van der Waals surface area contributed by atoms with Gasteiger partial charge in [-0.05, 0) is 51.8 Å². The van der Waals surface area contributed by atoms with E-state index < -0.39 is 11.8 Å². The molecule has 0 spiro atoms. The Hall–Kier alpha value is -2.21. The molecule has 0 aromatic heterocycles. The van der Waals surface area contributed by atoms with Crippen LogP contribution in [0.15, 0.2) is 46.9 Å². The molecular formula is C15H11BrFNO3. The summed E-state index contributed by atoms with van der Waals surface area (Å²) in [6.45, 7) is 0.184. The molecule has 0 unspecified atom stereocenters. The minimum atomic E-state index is -1.02. The van der Waals surface area contributed by atoms with Gasteiger partial charge in [0.25, 0.3) is 5.91 Å². The average molecular weight is 352 g/mol. The van der Waals surface area contributed by atoms with Crippen LogP contribution in [0.3, 0.4) is 0 Å². The van der Waals surface area contributed by atoms with E-state index >= 15 is 0 Å². The SMILES string of the molecule is O=C(O)c1cccc(CNC(=O)c2ccc(F)cc2Br)c1. The molecular weight excluding hydrogens is 341 g/mol. The standard InChI is InChI=1S/C15H11BrFNO3/c16-13-7-11(17)4-5-12(13)14(19)18-8-9-2-1-3-10(6-9)15(20)21/h1-7H,8H2,(H,18,19)(H,20,21). The maximum atomic E-state index is 13.0. The molecule has 4 nitrogen and oxygen atoms in total. The van der Waals surface area contributed by atoms with E-state index in [-0.39, 0.29) is 18.0 Å². The topological polar surface area (TPSA) is 66.4 Å². The highest BCUT2D eigenvalue weighted by molar-refractivity contribution is 9.10. The molecule has 0 aliphatic carbocycles. The Kier molecular flexibility index (Phi) is 4.70. The van der Waals surface area contributed by atoms with Crippen molar-refractivity contribution in [1.82, 2.24) is 5.32 Å². The summed E-state index contributed by atoms with van der Waals surface area (Å²) >= 11 is 3.13. The summed E-state index contributed by atoms with van der Waals surface area (Å²) in [5.41, 5.74) is 1.14. The lowest BCUT2D eigenvalue weighted by Gasteiger charge is -2.07. The highest BCUT2D eigenvalue weighted by atomic mass is 79.9. The molecule has 0 fully saturated rings. The average Bonchev–Trinajstić information content (AvgIpc) is 2.45. The van der Waals surface area contributed by atoms with Crippen LogP contribution in [0.2, 0.25) is 0 Å². The third-order valence-corrected chi connectivity index (χ3v) is 3.46. The van der Waals surface area contributed by atoms with Crippen molar-refractivity contribution in [2.45, 2.75) is 6.54 Å². The van der Waals surface area contributed by atoms with E-state index in [0.29, 0.717) is 15.6 Å². The van der Waals surface area contributed by atoms with Crippen molar-refractivity contribution in [2.24, 2.45) is 0 Å². The van der Waals surface area contributed by atoms with E-state index in [1.807, 2.05) is 0 Å². The van der Waals surface area contributed by atoms with Crippen LogP contribution in [0, 0.1) is 5.82 Å². The van der Waals surface area contributed by atoms with Gasteiger partial charge in [-0.25, -0.2) is 9.18 Å². The van der Waals surface area contributed by atoms with Crippen LogP contribution < -0.4 is 5.32 Å². The van der Waals surface area contributed by atoms with Gasteiger partial charge in [0.15, 0.2) is 0 Å². The Labute approximate surface area is 128 Å². The van der Waals surface area contributed by atoms with Gasteiger partial charge in [-0.1, -0.05) is 12.1 Å². The predicted octanol–water partition coefficient (Wildman–Crippen LogP) is 3.22. The molecule has 6 heteroatoms. The van der Waals surface area contributed by atoms with Crippen molar-refractivity contribution < 1.29 is 19.1 Å². The van der Waals surface area contributed by atoms with E-state index in [0.717, 1.165) is 0 Å². The van der Waals surface area contributed by atoms with E-state index in [1.165, 1.54) is 30.3 Å². The normalized spacial score (nSPS) is 10.2. The van der Waals surface area contributed by atoms with Crippen LogP contribution in [-0.2, 0) is 6.54 Å². The van der Waals surface area contributed by atoms with Gasteiger partial charge in [0.05, 0.1) is 11.1 Å². The number of nitrogens with one attached hydrogen (secondary N) is 1. The second-order valence-electron chi connectivity index (χ2n) is 4.31. The van der Waals surface area contributed by atoms with Gasteiger partial charge in [0, 0.05) is 11.0 Å². The first-order valence-electron chi connectivity index (χ1n) is 6.03. The summed E-state index contributed by atoms with van der Waals surface area (Å²) in [6.07, 6.45) is 0. The fourth-order valence-electron chi connectivity index (χ4n) is 1.77. The van der Waals surface area contributed by atoms with Crippen LogP contribution >= 0.6 is 15.9 Å². The zero-order chi connectivity index (χ0) is 15.4. The van der Waals surface area contributed by atoms with Gasteiger partial charge in [-0.3, -0.25) is 4.79 Å². The molecule has 2 rings (SSSR count). The van der Waals surface area contributed by atoms with Crippen LogP contribution in [0.25, 0.3) is 0 Å². The molecule has 21 heavy (non-hydrogen) atoms. The minimum absolute atomic E-state index is 0.157. The highest BCUT2D eigenvalue weighted by Gasteiger charge is 2.11. The van der Waals surface area contributed by atoms with Crippen molar-refractivity contribution in [2.75, 3.05) is 0 Å². The number of amides is 1. The fourth-order valence-corrected chi connectivity index (χ4v) is 2.30. The smallest absolute Gasteiger partial charge is 0.335 e. The van der Waals surface area contributed by atoms with Gasteiger partial charge < -0.3 is 10.4 Å². The largest absolute Gasteiger partial charge is 0.478 e. The molecule has 0 radical (unpaired) electrons. The summed E-state index contributed by atoms with van der Waals surface area (Å²) in [7, 11) is 0. The Morgan fingerprint density at radius 3 is 2.62 bits per heavy atom. The van der Waals surface area contributed by atoms with Crippen molar-refractivity contribution in [3.8, 4) is 0 Å². The maximum Gasteiger partial charge on any atom is 0.335 e. The molecule has 2 aromatic carbocycles. The highest BCUT2D eigenvalue weighted by Crippen LogP contribution is 2.18. The second kappa shape index (κ2) is 6.49. The Bertz CT molecular complexity index is 703. The summed E-state index contributed by atoms with van der Waals surface area (Å²) in [4.78, 5) is 22.8. The number of carbonyl (C=O) groups excluding carboxylic acids is 1. The van der Waals surface area contributed by atoms with Crippen LogP contribution in [0.1, 0.15) is 26.3 Å². The number of hydrogen-bond acceptors (Lipinski definition) is 2. The molecule has 0 saturated heterocycles. The quantitative estimate of drug-likeness (QED) is 0.888. The number of carboxylic acids is 1. The van der Waals surface area contributed by atoms with Gasteiger partial charge in [0.1, 0.15) is 5.82 Å². The number of benzene rings is 2. The van der Waals surface area contributed by atoms with Crippen LogP contribution in [0.5, 0.6) is 0 Å². The summed E-state index contributed by atoms with van der Waals surface area (Å²) in [6, 6.07) is 10.1. The molecule has 0 heterocycles. The monoisotopic (exact) mass is 351 g/mol. The molecule has 2 N–H and O–H groups in total. The molecule has 0 saturated carbocycles. The Balaban J connectivity index is 2.07. The van der Waals surface area contributed by atoms with Gasteiger partial charge in [-0.15, -0.1) is 0 Å². The first kappa shape index (κ1) is 15.2. The lowest BCUT2D eigenvalue weighted by Crippen LogP contribution is -2.23. The lowest BCUT2D eigenvalue weighted by molar-refractivity contribution is 0.0696. The number of hydrogen-bond donors (Lipinski definition) is 2. The van der Waals surface area contributed by atoms with E-state index in [2.05, 4.69) is 21.2 Å². The van der Waals surface area contributed by atoms with Crippen molar-refractivity contribution in [3.63, 3.8) is 0 Å². The molecule has 108 valence electrons. The maximum absolute atomic E-state index is 13.0. The summed E-state index contributed by atoms with van der Waals surface area (Å²) < 4.78 is 13.3. The van der Waals surface area contributed by atoms with Gasteiger partial charge >= 0.3 is 5.97 Å². The van der Waals surface area contributed by atoms with Gasteiger partial charge in [0.2, 0.25) is 0 Å². The van der Waals surface area contributed by atoms with Crippen molar-refractivity contribution in [1.29, 1.82) is 0 Å². The molecule has 0 aliphatic heterocycles. The molecule has 0 aliphatic rings. The number of carboxylic acid groups (broad SMARTS) is 1. The zero-order valence-electron chi connectivity index (χ0n) is 10.8. The third kappa shape index (κ3) is 3.88. The van der Waals surface area contributed by atoms with E-state index in [1.54, 1.807) is 12.1 Å². The molecule has 1 amide bonds. The Morgan fingerprint density at radius 2 is 1.95 bits per heavy atom. The van der Waals surface area contributed by atoms with Crippen molar-refractivity contribution >= 4 is 27.8 Å². The minimum Gasteiger partial charge on any atom is -0.478 e. The van der Waals surface area contributed by atoms with E-state index in [4.69, 9.17) is 5.11 Å². The van der Waals surface area contributed by atoms with E-state index in [9.17, 15) is 14.0 Å². The first-order chi connectivity index (χ1) is 9.97. The first-order valence-corrected chi connectivity index (χ1v) is 6.82. The number of aromatic carboxylic acids is 1. The van der Waals surface area contributed by atoms with Crippen LogP contribution in [-0.4, -0.2) is 17.0 Å². The third-order valence-electron chi connectivity index (χ3n) is 2.80. The molecule has 0 atom stereocenters. The predicted molar refractivity (Wildman–Crippen MR) is 78.7 cm³/mol. The Morgan fingerprint density at radius 1 is 1.19 bits per heavy atom. The number of halogens is 2. The fraction of sp³-hybridized carbons (Fsp3) is 0.0667. The molecule has 0 bridgehead atoms. The van der Waals surface area contributed by atoms with Crippen LogP contribution in [0.4, 0.5) is 4.39 Å². The number of carbonyl (C=O) groups is 2.